The molecule has 1 unspecified atom stereocenters. The summed E-state index contributed by atoms with van der Waals surface area (Å²) in [5.74, 6) is 0.605. The third kappa shape index (κ3) is 6.00. The van der Waals surface area contributed by atoms with E-state index in [2.05, 4.69) is 18.7 Å². The minimum Gasteiger partial charge on any atom is -0.329 e. The molecule has 0 radical (unpaired) electrons. The van der Waals surface area contributed by atoms with E-state index in [0.717, 1.165) is 25.8 Å². The van der Waals surface area contributed by atoms with Gasteiger partial charge in [-0.1, -0.05) is 13.8 Å². The second-order valence-corrected chi connectivity index (χ2v) is 6.78. The maximum Gasteiger partial charge on any atom is 0.389 e. The highest BCUT2D eigenvalue weighted by Crippen LogP contribution is 2.36. The number of alkyl halides is 3. The van der Waals surface area contributed by atoms with Crippen molar-refractivity contribution in [3.05, 3.63) is 0 Å². The van der Waals surface area contributed by atoms with Crippen LogP contribution in [0.5, 0.6) is 0 Å². The molecule has 1 rings (SSSR count). The summed E-state index contributed by atoms with van der Waals surface area (Å²) in [7, 11) is 0. The normalized spacial score (nSPS) is 19.6. The second-order valence-electron chi connectivity index (χ2n) is 6.78. The van der Waals surface area contributed by atoms with E-state index in [0.29, 0.717) is 24.9 Å². The summed E-state index contributed by atoms with van der Waals surface area (Å²) in [6.07, 6.45) is -0.673. The van der Waals surface area contributed by atoms with Crippen molar-refractivity contribution in [2.24, 2.45) is 11.7 Å². The fourth-order valence-corrected chi connectivity index (χ4v) is 2.71. The van der Waals surface area contributed by atoms with E-state index in [-0.39, 0.29) is 12.0 Å². The van der Waals surface area contributed by atoms with Gasteiger partial charge in [-0.05, 0) is 51.5 Å². The molecule has 0 saturated heterocycles. The molecular formula is C15H29F3N2. The first-order valence-corrected chi connectivity index (χ1v) is 7.71. The molecule has 1 aliphatic carbocycles. The highest BCUT2D eigenvalue weighted by Gasteiger charge is 2.40. The maximum atomic E-state index is 12.3. The van der Waals surface area contributed by atoms with Crippen molar-refractivity contribution in [3.63, 3.8) is 0 Å². The Balaban J connectivity index is 2.57. The molecule has 1 fully saturated rings. The van der Waals surface area contributed by atoms with Crippen LogP contribution in [0.15, 0.2) is 0 Å². The zero-order valence-electron chi connectivity index (χ0n) is 13.0. The molecule has 0 heterocycles. The number of halogens is 3. The highest BCUT2D eigenvalue weighted by atomic mass is 19.4. The lowest BCUT2D eigenvalue weighted by atomic mass is 9.91. The van der Waals surface area contributed by atoms with Crippen molar-refractivity contribution in [1.29, 1.82) is 0 Å². The SMILES string of the molecule is CC(C)CCN(C1CC1)C(C)(CN)CCCC(F)(F)F. The molecular weight excluding hydrogens is 265 g/mol. The van der Waals surface area contributed by atoms with Gasteiger partial charge in [0.25, 0.3) is 0 Å². The lowest BCUT2D eigenvalue weighted by molar-refractivity contribution is -0.137. The van der Waals surface area contributed by atoms with Crippen molar-refractivity contribution in [1.82, 2.24) is 4.90 Å². The molecule has 0 aliphatic heterocycles. The van der Waals surface area contributed by atoms with Crippen LogP contribution in [0.2, 0.25) is 0 Å². The molecule has 120 valence electrons. The lowest BCUT2D eigenvalue weighted by Crippen LogP contribution is -2.53. The fraction of sp³-hybridized carbons (Fsp3) is 1.00. The van der Waals surface area contributed by atoms with Crippen LogP contribution < -0.4 is 5.73 Å². The molecule has 0 bridgehead atoms. The lowest BCUT2D eigenvalue weighted by Gasteiger charge is -2.42. The summed E-state index contributed by atoms with van der Waals surface area (Å²) in [6, 6.07) is 0.535. The van der Waals surface area contributed by atoms with Crippen molar-refractivity contribution < 1.29 is 13.2 Å². The van der Waals surface area contributed by atoms with E-state index in [9.17, 15) is 13.2 Å². The summed E-state index contributed by atoms with van der Waals surface area (Å²) >= 11 is 0. The molecule has 0 aromatic carbocycles. The molecule has 0 amide bonds. The molecule has 0 spiro atoms. The van der Waals surface area contributed by atoms with Crippen LogP contribution in [-0.2, 0) is 0 Å². The summed E-state index contributed by atoms with van der Waals surface area (Å²) in [5.41, 5.74) is 5.62. The molecule has 1 atom stereocenters. The largest absolute Gasteiger partial charge is 0.389 e. The third-order valence-corrected chi connectivity index (χ3v) is 4.24. The summed E-state index contributed by atoms with van der Waals surface area (Å²) in [6.45, 7) is 7.76. The van der Waals surface area contributed by atoms with Gasteiger partial charge in [0, 0.05) is 24.5 Å². The molecule has 1 aliphatic rings. The first kappa shape index (κ1) is 17.8. The van der Waals surface area contributed by atoms with Gasteiger partial charge in [-0.15, -0.1) is 0 Å². The van der Waals surface area contributed by atoms with Gasteiger partial charge in [0.15, 0.2) is 0 Å². The van der Waals surface area contributed by atoms with Gasteiger partial charge in [-0.2, -0.15) is 13.2 Å². The Morgan fingerprint density at radius 3 is 2.20 bits per heavy atom. The van der Waals surface area contributed by atoms with Crippen molar-refractivity contribution in [2.45, 2.75) is 77.1 Å². The zero-order chi connectivity index (χ0) is 15.4. The van der Waals surface area contributed by atoms with E-state index >= 15 is 0 Å². The molecule has 20 heavy (non-hydrogen) atoms. The van der Waals surface area contributed by atoms with Gasteiger partial charge in [-0.3, -0.25) is 4.90 Å². The Bertz CT molecular complexity index is 287. The Kier molecular flexibility index (Phi) is 6.32. The summed E-state index contributed by atoms with van der Waals surface area (Å²) in [5, 5.41) is 0. The highest BCUT2D eigenvalue weighted by molar-refractivity contribution is 4.96. The van der Waals surface area contributed by atoms with Crippen LogP contribution in [0.25, 0.3) is 0 Å². The molecule has 5 heteroatoms. The average molecular weight is 294 g/mol. The van der Waals surface area contributed by atoms with Gasteiger partial charge in [0.05, 0.1) is 0 Å². The van der Waals surface area contributed by atoms with Gasteiger partial charge in [-0.25, -0.2) is 0 Å². The van der Waals surface area contributed by atoms with Crippen LogP contribution in [0.4, 0.5) is 13.2 Å². The van der Waals surface area contributed by atoms with Crippen LogP contribution in [0.3, 0.4) is 0 Å². The Morgan fingerprint density at radius 2 is 1.80 bits per heavy atom. The average Bonchev–Trinajstić information content (AvgIpc) is 3.11. The maximum absolute atomic E-state index is 12.3. The number of rotatable bonds is 9. The predicted molar refractivity (Wildman–Crippen MR) is 76.5 cm³/mol. The number of nitrogens with two attached hydrogens (primary N) is 1. The second kappa shape index (κ2) is 7.12. The molecule has 2 N–H and O–H groups in total. The Hall–Kier alpha value is -0.290. The number of nitrogens with zero attached hydrogens (tertiary/aromatic N) is 1. The van der Waals surface area contributed by atoms with Gasteiger partial charge in [0.1, 0.15) is 0 Å². The summed E-state index contributed by atoms with van der Waals surface area (Å²) in [4.78, 5) is 2.38. The molecule has 2 nitrogen and oxygen atoms in total. The molecule has 1 saturated carbocycles. The van der Waals surface area contributed by atoms with E-state index in [1.54, 1.807) is 0 Å². The van der Waals surface area contributed by atoms with Gasteiger partial charge >= 0.3 is 6.18 Å². The van der Waals surface area contributed by atoms with E-state index in [4.69, 9.17) is 5.73 Å². The number of hydrogen-bond donors (Lipinski definition) is 1. The predicted octanol–water partition coefficient (Wildman–Crippen LogP) is 3.95. The molecule has 0 aromatic rings. The van der Waals surface area contributed by atoms with Crippen molar-refractivity contribution in [2.75, 3.05) is 13.1 Å². The van der Waals surface area contributed by atoms with Crippen molar-refractivity contribution in [3.8, 4) is 0 Å². The monoisotopic (exact) mass is 294 g/mol. The quantitative estimate of drug-likeness (QED) is 0.698. The number of hydrogen-bond acceptors (Lipinski definition) is 2. The first-order chi connectivity index (χ1) is 9.18. The van der Waals surface area contributed by atoms with Crippen LogP contribution in [-0.4, -0.2) is 35.7 Å². The van der Waals surface area contributed by atoms with Gasteiger partial charge < -0.3 is 5.73 Å². The van der Waals surface area contributed by atoms with Crippen LogP contribution in [0.1, 0.15) is 59.3 Å². The topological polar surface area (TPSA) is 29.3 Å². The minimum absolute atomic E-state index is 0.169. The van der Waals surface area contributed by atoms with E-state index in [1.807, 2.05) is 6.92 Å². The standard InChI is InChI=1S/C15H29F3N2/c1-12(2)7-10-20(13-5-6-13)14(3,11-19)8-4-9-15(16,17)18/h12-13H,4-11,19H2,1-3H3. The Morgan fingerprint density at radius 1 is 1.20 bits per heavy atom. The van der Waals surface area contributed by atoms with Crippen LogP contribution in [0, 0.1) is 5.92 Å². The third-order valence-electron chi connectivity index (χ3n) is 4.24. The van der Waals surface area contributed by atoms with E-state index < -0.39 is 12.6 Å². The van der Waals surface area contributed by atoms with Crippen LogP contribution >= 0.6 is 0 Å². The Labute approximate surface area is 120 Å². The van der Waals surface area contributed by atoms with E-state index in [1.165, 1.54) is 0 Å². The fourth-order valence-electron chi connectivity index (χ4n) is 2.71. The minimum atomic E-state index is -4.06. The zero-order valence-corrected chi connectivity index (χ0v) is 13.0. The summed E-state index contributed by atoms with van der Waals surface area (Å²) < 4.78 is 36.9. The first-order valence-electron chi connectivity index (χ1n) is 7.71. The molecule has 0 aromatic heterocycles. The van der Waals surface area contributed by atoms with Crippen molar-refractivity contribution >= 4 is 0 Å². The van der Waals surface area contributed by atoms with Gasteiger partial charge in [0.2, 0.25) is 0 Å². The smallest absolute Gasteiger partial charge is 0.329 e.